The zero-order valence-electron chi connectivity index (χ0n) is 11.1. The number of imidazole rings is 1. The average Bonchev–Trinajstić information content (AvgIpc) is 2.97. The minimum atomic E-state index is -0.707. The Hall–Kier alpha value is -2.02. The number of nitrogens with zero attached hydrogens (tertiary/aromatic N) is 4. The second kappa shape index (κ2) is 5.40. The molecule has 21 heavy (non-hydrogen) atoms. The minimum absolute atomic E-state index is 0.104. The van der Waals surface area contributed by atoms with Crippen molar-refractivity contribution in [3.05, 3.63) is 41.3 Å². The van der Waals surface area contributed by atoms with Crippen molar-refractivity contribution in [1.82, 2.24) is 19.7 Å². The van der Waals surface area contributed by atoms with Crippen molar-refractivity contribution in [3.63, 3.8) is 0 Å². The van der Waals surface area contributed by atoms with Gasteiger partial charge in [-0.2, -0.15) is 4.98 Å². The summed E-state index contributed by atoms with van der Waals surface area (Å²) in [6.45, 7) is 1.88. The maximum atomic E-state index is 13.8. The van der Waals surface area contributed by atoms with Crippen LogP contribution in [0.15, 0.2) is 16.7 Å². The summed E-state index contributed by atoms with van der Waals surface area (Å²) >= 11 is 5.74. The Morgan fingerprint density at radius 1 is 1.29 bits per heavy atom. The maximum absolute atomic E-state index is 13.8. The van der Waals surface area contributed by atoms with Crippen molar-refractivity contribution in [1.29, 1.82) is 0 Å². The number of benzene rings is 1. The van der Waals surface area contributed by atoms with Gasteiger partial charge in [0.25, 0.3) is 0 Å². The Morgan fingerprint density at radius 3 is 2.76 bits per heavy atom. The van der Waals surface area contributed by atoms with Crippen LogP contribution in [0, 0.1) is 18.6 Å². The summed E-state index contributed by atoms with van der Waals surface area (Å²) in [5, 5.41) is 3.69. The zero-order chi connectivity index (χ0) is 15.0. The first-order chi connectivity index (χ1) is 10.1. The maximum Gasteiger partial charge on any atom is 0.246 e. The van der Waals surface area contributed by atoms with Gasteiger partial charge in [-0.25, -0.2) is 13.8 Å². The lowest BCUT2D eigenvalue weighted by Gasteiger charge is -2.05. The van der Waals surface area contributed by atoms with Crippen LogP contribution in [0.4, 0.5) is 8.78 Å². The van der Waals surface area contributed by atoms with Gasteiger partial charge >= 0.3 is 0 Å². The summed E-state index contributed by atoms with van der Waals surface area (Å²) < 4.78 is 34.0. The highest BCUT2D eigenvalue weighted by Gasteiger charge is 2.17. The third kappa shape index (κ3) is 2.61. The van der Waals surface area contributed by atoms with Gasteiger partial charge in [0.2, 0.25) is 5.89 Å². The van der Waals surface area contributed by atoms with Crippen LogP contribution in [0.3, 0.4) is 0 Å². The third-order valence-corrected chi connectivity index (χ3v) is 3.22. The van der Waals surface area contributed by atoms with Gasteiger partial charge in [0, 0.05) is 18.4 Å². The lowest BCUT2D eigenvalue weighted by atomic mass is 10.3. The molecule has 0 spiro atoms. The van der Waals surface area contributed by atoms with Crippen LogP contribution in [-0.2, 0) is 13.0 Å². The molecule has 3 rings (SSSR count). The molecule has 8 heteroatoms. The van der Waals surface area contributed by atoms with E-state index in [9.17, 15) is 8.78 Å². The van der Waals surface area contributed by atoms with Crippen molar-refractivity contribution in [2.45, 2.75) is 19.9 Å². The van der Waals surface area contributed by atoms with Gasteiger partial charge < -0.3 is 9.09 Å². The highest BCUT2D eigenvalue weighted by atomic mass is 35.5. The van der Waals surface area contributed by atoms with Gasteiger partial charge in [-0.3, -0.25) is 0 Å². The average molecular weight is 313 g/mol. The van der Waals surface area contributed by atoms with Crippen LogP contribution in [0.25, 0.3) is 11.0 Å². The molecule has 0 aliphatic rings. The zero-order valence-corrected chi connectivity index (χ0v) is 11.9. The van der Waals surface area contributed by atoms with Crippen molar-refractivity contribution in [2.24, 2.45) is 0 Å². The van der Waals surface area contributed by atoms with E-state index in [2.05, 4.69) is 15.1 Å². The molecule has 0 N–H and O–H groups in total. The molecular weight excluding hydrogens is 302 g/mol. The molecular formula is C13H11ClF2N4O. The number of hydrogen-bond donors (Lipinski definition) is 0. The molecule has 0 unspecified atom stereocenters. The highest BCUT2D eigenvalue weighted by molar-refractivity contribution is 6.17. The molecule has 0 bridgehead atoms. The van der Waals surface area contributed by atoms with Crippen molar-refractivity contribution < 1.29 is 13.3 Å². The monoisotopic (exact) mass is 312 g/mol. The first-order valence-electron chi connectivity index (χ1n) is 6.28. The summed E-state index contributed by atoms with van der Waals surface area (Å²) in [5.41, 5.74) is 0.441. The molecule has 110 valence electrons. The number of rotatable bonds is 4. The lowest BCUT2D eigenvalue weighted by Crippen LogP contribution is -2.06. The molecule has 1 aromatic carbocycles. The molecule has 2 heterocycles. The lowest BCUT2D eigenvalue weighted by molar-refractivity contribution is 0.367. The summed E-state index contributed by atoms with van der Waals surface area (Å²) in [6.07, 6.45) is 0.421. The fraction of sp³-hybridized carbons (Fsp3) is 0.308. The van der Waals surface area contributed by atoms with E-state index in [4.69, 9.17) is 16.1 Å². The molecule has 0 amide bonds. The van der Waals surface area contributed by atoms with E-state index in [1.54, 1.807) is 11.5 Å². The van der Waals surface area contributed by atoms with Crippen LogP contribution in [0.1, 0.15) is 17.5 Å². The molecule has 5 nitrogen and oxygen atoms in total. The fourth-order valence-corrected chi connectivity index (χ4v) is 2.36. The molecule has 0 aliphatic heterocycles. The van der Waals surface area contributed by atoms with Crippen molar-refractivity contribution in [2.75, 3.05) is 5.88 Å². The van der Waals surface area contributed by atoms with E-state index < -0.39 is 11.6 Å². The van der Waals surface area contributed by atoms with E-state index in [0.717, 1.165) is 6.07 Å². The van der Waals surface area contributed by atoms with Gasteiger partial charge in [-0.15, -0.1) is 11.6 Å². The SMILES string of the molecule is Cc1noc(Cn2c(CCCl)nc3c(F)cc(F)cc32)n1. The molecule has 3 aromatic rings. The number of halogens is 3. The summed E-state index contributed by atoms with van der Waals surface area (Å²) in [7, 11) is 0. The molecule has 0 aliphatic carbocycles. The first-order valence-corrected chi connectivity index (χ1v) is 6.81. The molecule has 0 saturated carbocycles. The largest absolute Gasteiger partial charge is 0.337 e. The van der Waals surface area contributed by atoms with E-state index in [-0.39, 0.29) is 12.1 Å². The number of aryl methyl sites for hydroxylation is 2. The summed E-state index contributed by atoms with van der Waals surface area (Å²) in [6, 6.07) is 2.04. The van der Waals surface area contributed by atoms with Crippen LogP contribution in [-0.4, -0.2) is 25.6 Å². The predicted molar refractivity (Wildman–Crippen MR) is 72.2 cm³/mol. The Labute approximate surface area is 123 Å². The second-order valence-corrected chi connectivity index (χ2v) is 4.92. The third-order valence-electron chi connectivity index (χ3n) is 3.03. The van der Waals surface area contributed by atoms with Gasteiger partial charge in [0.15, 0.2) is 11.6 Å². The smallest absolute Gasteiger partial charge is 0.246 e. The first kappa shape index (κ1) is 13.9. The van der Waals surface area contributed by atoms with Crippen LogP contribution in [0.5, 0.6) is 0 Å². The quantitative estimate of drug-likeness (QED) is 0.695. The molecule has 0 fully saturated rings. The minimum Gasteiger partial charge on any atom is -0.337 e. The van der Waals surface area contributed by atoms with Gasteiger partial charge in [0.05, 0.1) is 5.52 Å². The predicted octanol–water partition coefficient (Wildman–Crippen LogP) is 2.84. The summed E-state index contributed by atoms with van der Waals surface area (Å²) in [5.74, 6) is 0.316. The Morgan fingerprint density at radius 2 is 2.10 bits per heavy atom. The number of fused-ring (bicyclic) bond motifs is 1. The van der Waals surface area contributed by atoms with Crippen molar-refractivity contribution in [3.8, 4) is 0 Å². The molecule has 0 saturated heterocycles. The molecule has 0 radical (unpaired) electrons. The van der Waals surface area contributed by atoms with E-state index >= 15 is 0 Å². The van der Waals surface area contributed by atoms with Gasteiger partial charge in [-0.1, -0.05) is 5.16 Å². The summed E-state index contributed by atoms with van der Waals surface area (Å²) in [4.78, 5) is 8.28. The fourth-order valence-electron chi connectivity index (χ4n) is 2.19. The molecule has 2 aromatic heterocycles. The number of hydrogen-bond acceptors (Lipinski definition) is 4. The Bertz CT molecular complexity index is 799. The second-order valence-electron chi connectivity index (χ2n) is 4.54. The van der Waals surface area contributed by atoms with E-state index in [1.807, 2.05) is 0 Å². The van der Waals surface area contributed by atoms with Crippen molar-refractivity contribution >= 4 is 22.6 Å². The topological polar surface area (TPSA) is 56.7 Å². The van der Waals surface area contributed by atoms with Crippen LogP contribution < -0.4 is 0 Å². The number of alkyl halides is 1. The van der Waals surface area contributed by atoms with Crippen LogP contribution in [0.2, 0.25) is 0 Å². The van der Waals surface area contributed by atoms with Gasteiger partial charge in [0.1, 0.15) is 23.7 Å². The molecule has 0 atom stereocenters. The Kier molecular flexibility index (Phi) is 3.59. The van der Waals surface area contributed by atoms with Crippen LogP contribution >= 0.6 is 11.6 Å². The Balaban J connectivity index is 2.15. The highest BCUT2D eigenvalue weighted by Crippen LogP contribution is 2.22. The number of aromatic nitrogens is 4. The van der Waals surface area contributed by atoms with E-state index in [1.165, 1.54) is 6.07 Å². The van der Waals surface area contributed by atoms with Gasteiger partial charge in [-0.05, 0) is 13.0 Å². The normalized spacial score (nSPS) is 11.4. The van der Waals surface area contributed by atoms with E-state index in [0.29, 0.717) is 35.4 Å². The standard InChI is InChI=1S/C13H11ClF2N4O/c1-7-17-12(21-19-7)6-20-10-5-8(15)4-9(16)13(10)18-11(20)2-3-14/h4-5H,2-3,6H2,1H3.